The van der Waals surface area contributed by atoms with Gasteiger partial charge in [0.25, 0.3) is 0 Å². The van der Waals surface area contributed by atoms with E-state index in [2.05, 4.69) is 60.7 Å². The molecule has 0 spiro atoms. The highest BCUT2D eigenvalue weighted by Gasteiger charge is 2.29. The van der Waals surface area contributed by atoms with Crippen molar-refractivity contribution in [1.82, 2.24) is 0 Å². The van der Waals surface area contributed by atoms with Crippen LogP contribution >= 0.6 is 0 Å². The van der Waals surface area contributed by atoms with Gasteiger partial charge < -0.3 is 0 Å². The molecule has 0 saturated carbocycles. The summed E-state index contributed by atoms with van der Waals surface area (Å²) >= 11 is 0. The van der Waals surface area contributed by atoms with Crippen molar-refractivity contribution in [2.75, 3.05) is 0 Å². The first-order chi connectivity index (χ1) is 19.8. The van der Waals surface area contributed by atoms with Crippen molar-refractivity contribution in [3.8, 4) is 23.3 Å². The molecular formula is C36H20N4. The summed E-state index contributed by atoms with van der Waals surface area (Å²) in [5.74, 6) is 0. The van der Waals surface area contributed by atoms with Crippen LogP contribution in [0, 0.1) is 22.7 Å². The maximum absolute atomic E-state index is 9.77. The van der Waals surface area contributed by atoms with Gasteiger partial charge in [0, 0.05) is 51.4 Å². The molecule has 4 heteroatoms. The number of aliphatic imine (C=N–C) groups is 2. The highest BCUT2D eigenvalue weighted by Crippen LogP contribution is 2.41. The molecule has 184 valence electrons. The van der Waals surface area contributed by atoms with Crippen LogP contribution in [-0.4, -0.2) is 11.4 Å². The number of hydrogen-bond acceptors (Lipinski definition) is 4. The van der Waals surface area contributed by atoms with Gasteiger partial charge in [-0.1, -0.05) is 97.1 Å². The quantitative estimate of drug-likeness (QED) is 0.242. The van der Waals surface area contributed by atoms with Crippen LogP contribution in [0.2, 0.25) is 0 Å². The third kappa shape index (κ3) is 3.60. The second-order valence-corrected chi connectivity index (χ2v) is 9.61. The number of nitriles is 2. The molecule has 7 rings (SSSR count). The van der Waals surface area contributed by atoms with Crippen LogP contribution in [0.1, 0.15) is 33.4 Å². The van der Waals surface area contributed by atoms with Crippen LogP contribution in [0.25, 0.3) is 33.0 Å². The van der Waals surface area contributed by atoms with Crippen molar-refractivity contribution in [3.63, 3.8) is 0 Å². The average Bonchev–Trinajstić information content (AvgIpc) is 2.97. The molecule has 0 amide bonds. The Kier molecular flexibility index (Phi) is 5.52. The number of rotatable bonds is 5. The Labute approximate surface area is 231 Å². The molecule has 0 saturated heterocycles. The highest BCUT2D eigenvalue weighted by molar-refractivity contribution is 6.41. The standard InChI is InChI=1S/C36H20N4/c37-19-24-10-2-5-14-27(24)32-21-39-35(32)30-17-8-18-31(34(30)29-16-7-12-23-9-1-4-13-26(23)29)36-33(22-40-36)28-15-6-3-11-25(28)20-38/h1-18,21-22H. The van der Waals surface area contributed by atoms with Crippen LogP contribution in [0.4, 0.5) is 0 Å². The van der Waals surface area contributed by atoms with Gasteiger partial charge in [0.1, 0.15) is 0 Å². The predicted octanol–water partition coefficient (Wildman–Crippen LogP) is 7.94. The van der Waals surface area contributed by atoms with Gasteiger partial charge in [-0.15, -0.1) is 0 Å². The fraction of sp³-hybridized carbons (Fsp3) is 0. The van der Waals surface area contributed by atoms with Gasteiger partial charge in [0.15, 0.2) is 0 Å². The summed E-state index contributed by atoms with van der Waals surface area (Å²) in [7, 11) is 0. The van der Waals surface area contributed by atoms with E-state index in [0.717, 1.165) is 66.7 Å². The Morgan fingerprint density at radius 2 is 0.900 bits per heavy atom. The molecule has 0 N–H and O–H groups in total. The van der Waals surface area contributed by atoms with Gasteiger partial charge in [-0.25, -0.2) is 0 Å². The lowest BCUT2D eigenvalue weighted by molar-refractivity contribution is 1.41. The summed E-state index contributed by atoms with van der Waals surface area (Å²) in [6.07, 6.45) is 3.67. The van der Waals surface area contributed by atoms with Gasteiger partial charge in [-0.05, 0) is 28.5 Å². The van der Waals surface area contributed by atoms with Crippen LogP contribution in [0.3, 0.4) is 0 Å². The molecule has 2 aliphatic heterocycles. The smallest absolute Gasteiger partial charge is 0.0998 e. The number of nitrogens with zero attached hydrogens (tertiary/aromatic N) is 4. The Bertz CT molecular complexity index is 1960. The van der Waals surface area contributed by atoms with E-state index in [0.29, 0.717) is 11.1 Å². The Morgan fingerprint density at radius 3 is 1.45 bits per heavy atom. The summed E-state index contributed by atoms with van der Waals surface area (Å²) < 4.78 is 0. The SMILES string of the molecule is N#Cc1ccccc1C1=CN=C1c1cccc(C2=NC=C2c2ccccc2C#N)c1-c1cccc2ccccc12. The average molecular weight is 509 g/mol. The molecule has 4 nitrogen and oxygen atoms in total. The van der Waals surface area contributed by atoms with Crippen molar-refractivity contribution in [1.29, 1.82) is 10.5 Å². The molecule has 2 aliphatic rings. The first kappa shape index (κ1) is 23.3. The summed E-state index contributed by atoms with van der Waals surface area (Å²) in [5.41, 5.74) is 10.6. The lowest BCUT2D eigenvalue weighted by atomic mass is 9.80. The number of allylic oxidation sites excluding steroid dienone is 2. The molecular weight excluding hydrogens is 488 g/mol. The maximum Gasteiger partial charge on any atom is 0.0998 e. The van der Waals surface area contributed by atoms with Gasteiger partial charge >= 0.3 is 0 Å². The topological polar surface area (TPSA) is 72.3 Å². The van der Waals surface area contributed by atoms with Crippen LogP contribution in [0.15, 0.2) is 132 Å². The van der Waals surface area contributed by atoms with E-state index >= 15 is 0 Å². The van der Waals surface area contributed by atoms with Crippen molar-refractivity contribution in [3.05, 3.63) is 155 Å². The molecule has 5 aromatic rings. The monoisotopic (exact) mass is 508 g/mol. The van der Waals surface area contributed by atoms with E-state index in [1.54, 1.807) is 0 Å². The lowest BCUT2D eigenvalue weighted by Crippen LogP contribution is -2.17. The minimum atomic E-state index is 0.616. The molecule has 0 atom stereocenters. The van der Waals surface area contributed by atoms with Crippen LogP contribution < -0.4 is 0 Å². The molecule has 0 bridgehead atoms. The van der Waals surface area contributed by atoms with Gasteiger partial charge in [0.2, 0.25) is 0 Å². The zero-order chi connectivity index (χ0) is 27.1. The van der Waals surface area contributed by atoms with E-state index in [9.17, 15) is 10.5 Å². The van der Waals surface area contributed by atoms with Crippen LogP contribution in [0.5, 0.6) is 0 Å². The minimum Gasteiger partial charge on any atom is -0.255 e. The van der Waals surface area contributed by atoms with Crippen LogP contribution in [-0.2, 0) is 0 Å². The maximum atomic E-state index is 9.77. The van der Waals surface area contributed by atoms with E-state index in [-0.39, 0.29) is 0 Å². The van der Waals surface area contributed by atoms with Crippen molar-refractivity contribution in [2.45, 2.75) is 0 Å². The molecule has 40 heavy (non-hydrogen) atoms. The van der Waals surface area contributed by atoms with Gasteiger partial charge in [-0.2, -0.15) is 10.5 Å². The first-order valence-electron chi connectivity index (χ1n) is 13.0. The fourth-order valence-corrected chi connectivity index (χ4v) is 5.52. The largest absolute Gasteiger partial charge is 0.255 e. The Morgan fingerprint density at radius 1 is 0.450 bits per heavy atom. The third-order valence-electron chi connectivity index (χ3n) is 7.46. The fourth-order valence-electron chi connectivity index (χ4n) is 5.52. The first-order valence-corrected chi connectivity index (χ1v) is 13.0. The predicted molar refractivity (Wildman–Crippen MR) is 161 cm³/mol. The summed E-state index contributed by atoms with van der Waals surface area (Å²) in [6.45, 7) is 0. The Hall–Kier alpha value is -5.84. The van der Waals surface area contributed by atoms with Crippen molar-refractivity contribution in [2.24, 2.45) is 9.98 Å². The minimum absolute atomic E-state index is 0.616. The third-order valence-corrected chi connectivity index (χ3v) is 7.46. The number of benzene rings is 5. The number of hydrogen-bond donors (Lipinski definition) is 0. The summed E-state index contributed by atoms with van der Waals surface area (Å²) in [6, 6.07) is 40.8. The highest BCUT2D eigenvalue weighted by atomic mass is 14.8. The zero-order valence-electron chi connectivity index (χ0n) is 21.3. The zero-order valence-corrected chi connectivity index (χ0v) is 21.3. The molecule has 0 aromatic heterocycles. The molecule has 2 heterocycles. The summed E-state index contributed by atoms with van der Waals surface area (Å²) in [4.78, 5) is 9.47. The molecule has 0 aliphatic carbocycles. The second-order valence-electron chi connectivity index (χ2n) is 9.61. The van der Waals surface area contributed by atoms with E-state index in [1.807, 2.05) is 73.1 Å². The number of fused-ring (bicyclic) bond motifs is 1. The van der Waals surface area contributed by atoms with Crippen molar-refractivity contribution < 1.29 is 0 Å². The van der Waals surface area contributed by atoms with E-state index in [1.165, 1.54) is 0 Å². The Balaban J connectivity index is 1.44. The van der Waals surface area contributed by atoms with Crippen molar-refractivity contribution >= 4 is 33.3 Å². The van der Waals surface area contributed by atoms with E-state index in [4.69, 9.17) is 9.98 Å². The van der Waals surface area contributed by atoms with Gasteiger partial charge in [0.05, 0.1) is 34.7 Å². The summed E-state index contributed by atoms with van der Waals surface area (Å²) in [5, 5.41) is 21.8. The molecule has 0 unspecified atom stereocenters. The lowest BCUT2D eigenvalue weighted by Gasteiger charge is -2.26. The molecule has 0 fully saturated rings. The van der Waals surface area contributed by atoms with Gasteiger partial charge in [-0.3, -0.25) is 9.98 Å². The van der Waals surface area contributed by atoms with E-state index < -0.39 is 0 Å². The normalized spacial score (nSPS) is 13.6. The second kappa shape index (κ2) is 9.48. The molecule has 5 aromatic carbocycles. The molecule has 0 radical (unpaired) electrons.